The summed E-state index contributed by atoms with van der Waals surface area (Å²) in [6.07, 6.45) is 0. The minimum Gasteiger partial charge on any atom is -0.338 e. The van der Waals surface area contributed by atoms with Gasteiger partial charge in [-0.3, -0.25) is 0 Å². The fourth-order valence-corrected chi connectivity index (χ4v) is 2.47. The molecule has 1 aromatic rings. The number of hydrogen-bond donors (Lipinski definition) is 2. The molecule has 1 fully saturated rings. The molecule has 1 heterocycles. The third-order valence-corrected chi connectivity index (χ3v) is 4.17. The van der Waals surface area contributed by atoms with Gasteiger partial charge < -0.3 is 15.1 Å². The van der Waals surface area contributed by atoms with Crippen molar-refractivity contribution >= 4 is 46.2 Å². The molecular formula is C12H16Cl2N3S+. The zero-order valence-electron chi connectivity index (χ0n) is 10.2. The molecule has 2 N–H and O–H groups in total. The summed E-state index contributed by atoms with van der Waals surface area (Å²) in [4.78, 5) is 3.73. The molecule has 1 aromatic carbocycles. The van der Waals surface area contributed by atoms with Crippen LogP contribution in [-0.2, 0) is 0 Å². The van der Waals surface area contributed by atoms with Crippen molar-refractivity contribution in [3.05, 3.63) is 28.2 Å². The van der Waals surface area contributed by atoms with E-state index in [1.807, 2.05) is 6.07 Å². The van der Waals surface area contributed by atoms with Crippen LogP contribution in [-0.4, -0.2) is 43.2 Å². The molecule has 0 atom stereocenters. The first-order valence-corrected chi connectivity index (χ1v) is 7.05. The van der Waals surface area contributed by atoms with Crippen LogP contribution in [0.25, 0.3) is 0 Å². The first-order valence-electron chi connectivity index (χ1n) is 5.88. The Balaban J connectivity index is 1.96. The van der Waals surface area contributed by atoms with Gasteiger partial charge in [-0.15, -0.1) is 0 Å². The molecule has 18 heavy (non-hydrogen) atoms. The predicted molar refractivity (Wildman–Crippen MR) is 80.9 cm³/mol. The SMILES string of the molecule is C[NH+]1CCN(C(=S)Nc2ccc(Cl)c(Cl)c2)CC1. The summed E-state index contributed by atoms with van der Waals surface area (Å²) in [5.41, 5.74) is 0.876. The van der Waals surface area contributed by atoms with Gasteiger partial charge in [-0.25, -0.2) is 0 Å². The molecule has 0 amide bonds. The molecule has 0 unspecified atom stereocenters. The number of halogens is 2. The zero-order chi connectivity index (χ0) is 13.1. The molecular weight excluding hydrogens is 289 g/mol. The molecule has 1 saturated heterocycles. The van der Waals surface area contributed by atoms with E-state index in [0.717, 1.165) is 37.0 Å². The van der Waals surface area contributed by atoms with E-state index in [4.69, 9.17) is 35.4 Å². The standard InChI is InChI=1S/C12H15Cl2N3S/c1-16-4-6-17(7-5-16)12(18)15-9-2-3-10(13)11(14)8-9/h2-3,8H,4-7H2,1H3,(H,15,18)/p+1. The van der Waals surface area contributed by atoms with Crippen molar-refractivity contribution in [3.63, 3.8) is 0 Å². The van der Waals surface area contributed by atoms with Gasteiger partial charge in [0.15, 0.2) is 5.11 Å². The summed E-state index contributed by atoms with van der Waals surface area (Å²) in [5.74, 6) is 0. The monoisotopic (exact) mass is 304 g/mol. The summed E-state index contributed by atoms with van der Waals surface area (Å²) in [6.45, 7) is 4.20. The van der Waals surface area contributed by atoms with Crippen LogP contribution in [0.15, 0.2) is 18.2 Å². The number of nitrogens with zero attached hydrogens (tertiary/aromatic N) is 1. The summed E-state index contributed by atoms with van der Waals surface area (Å²) in [6, 6.07) is 5.43. The second-order valence-corrected chi connectivity index (χ2v) is 5.70. The highest BCUT2D eigenvalue weighted by molar-refractivity contribution is 7.80. The lowest BCUT2D eigenvalue weighted by atomic mass is 10.3. The molecule has 1 aliphatic heterocycles. The normalized spacial score (nSPS) is 16.7. The van der Waals surface area contributed by atoms with Gasteiger partial charge in [-0.1, -0.05) is 23.2 Å². The Bertz CT molecular complexity index is 445. The molecule has 1 aliphatic rings. The Labute approximate surface area is 123 Å². The van der Waals surface area contributed by atoms with Gasteiger partial charge in [0, 0.05) is 5.69 Å². The van der Waals surface area contributed by atoms with Crippen LogP contribution in [0.3, 0.4) is 0 Å². The minimum absolute atomic E-state index is 0.535. The van der Waals surface area contributed by atoms with E-state index in [-0.39, 0.29) is 0 Å². The quantitative estimate of drug-likeness (QED) is 0.768. The van der Waals surface area contributed by atoms with Crippen LogP contribution in [0.1, 0.15) is 0 Å². The maximum absolute atomic E-state index is 5.97. The first-order chi connectivity index (χ1) is 8.56. The first kappa shape index (κ1) is 13.9. The Morgan fingerprint density at radius 1 is 1.28 bits per heavy atom. The third kappa shape index (κ3) is 3.48. The van der Waals surface area contributed by atoms with Crippen molar-refractivity contribution in [3.8, 4) is 0 Å². The number of benzene rings is 1. The van der Waals surface area contributed by atoms with Crippen molar-refractivity contribution in [2.45, 2.75) is 0 Å². The van der Waals surface area contributed by atoms with Gasteiger partial charge >= 0.3 is 0 Å². The third-order valence-electron chi connectivity index (χ3n) is 3.08. The van der Waals surface area contributed by atoms with Gasteiger partial charge in [0.05, 0.1) is 43.3 Å². The van der Waals surface area contributed by atoms with E-state index in [0.29, 0.717) is 10.0 Å². The fourth-order valence-electron chi connectivity index (χ4n) is 1.87. The van der Waals surface area contributed by atoms with Crippen molar-refractivity contribution in [2.24, 2.45) is 0 Å². The second-order valence-electron chi connectivity index (χ2n) is 4.50. The molecule has 98 valence electrons. The van der Waals surface area contributed by atoms with Crippen LogP contribution in [0.2, 0.25) is 10.0 Å². The topological polar surface area (TPSA) is 19.7 Å². The van der Waals surface area contributed by atoms with E-state index in [1.54, 1.807) is 17.0 Å². The molecule has 6 heteroatoms. The highest BCUT2D eigenvalue weighted by Gasteiger charge is 2.18. The summed E-state index contributed by atoms with van der Waals surface area (Å²) in [7, 11) is 2.20. The number of piperazine rings is 1. The molecule has 0 bridgehead atoms. The summed E-state index contributed by atoms with van der Waals surface area (Å²) >= 11 is 17.2. The number of hydrogen-bond acceptors (Lipinski definition) is 1. The maximum atomic E-state index is 5.97. The molecule has 3 nitrogen and oxygen atoms in total. The lowest BCUT2D eigenvalue weighted by Gasteiger charge is -2.32. The number of likely N-dealkylation sites (N-methyl/N-ethyl adjacent to an activating group) is 1. The highest BCUT2D eigenvalue weighted by Crippen LogP contribution is 2.25. The number of anilines is 1. The minimum atomic E-state index is 0.535. The van der Waals surface area contributed by atoms with Gasteiger partial charge in [0.25, 0.3) is 0 Å². The molecule has 0 radical (unpaired) electrons. The lowest BCUT2D eigenvalue weighted by Crippen LogP contribution is -3.12. The fraction of sp³-hybridized carbons (Fsp3) is 0.417. The molecule has 0 spiro atoms. The van der Waals surface area contributed by atoms with Gasteiger partial charge in [0.2, 0.25) is 0 Å². The van der Waals surface area contributed by atoms with E-state index in [2.05, 4.69) is 17.3 Å². The van der Waals surface area contributed by atoms with Crippen molar-refractivity contribution in [1.82, 2.24) is 4.90 Å². The second kappa shape index (κ2) is 6.06. The molecule has 0 saturated carbocycles. The smallest absolute Gasteiger partial charge is 0.173 e. The Hall–Kier alpha value is -0.550. The average molecular weight is 305 g/mol. The van der Waals surface area contributed by atoms with Gasteiger partial charge in [-0.2, -0.15) is 0 Å². The van der Waals surface area contributed by atoms with Crippen molar-refractivity contribution < 1.29 is 4.90 Å². The molecule has 0 aliphatic carbocycles. The number of rotatable bonds is 1. The number of quaternary nitrogens is 1. The van der Waals surface area contributed by atoms with Crippen molar-refractivity contribution in [1.29, 1.82) is 0 Å². The summed E-state index contributed by atoms with van der Waals surface area (Å²) in [5, 5.41) is 5.04. The van der Waals surface area contributed by atoms with Crippen molar-refractivity contribution in [2.75, 3.05) is 38.5 Å². The predicted octanol–water partition coefficient (Wildman–Crippen LogP) is 1.52. The Morgan fingerprint density at radius 2 is 1.94 bits per heavy atom. The van der Waals surface area contributed by atoms with Crippen LogP contribution in [0, 0.1) is 0 Å². The zero-order valence-corrected chi connectivity index (χ0v) is 12.5. The van der Waals surface area contributed by atoms with Crippen LogP contribution in [0.4, 0.5) is 5.69 Å². The van der Waals surface area contributed by atoms with E-state index in [1.165, 1.54) is 0 Å². The Kier molecular flexibility index (Phi) is 4.67. The molecule has 2 rings (SSSR count). The Morgan fingerprint density at radius 3 is 2.56 bits per heavy atom. The maximum Gasteiger partial charge on any atom is 0.173 e. The molecule has 0 aromatic heterocycles. The van der Waals surface area contributed by atoms with Crippen LogP contribution >= 0.6 is 35.4 Å². The largest absolute Gasteiger partial charge is 0.338 e. The van der Waals surface area contributed by atoms with E-state index >= 15 is 0 Å². The summed E-state index contributed by atoms with van der Waals surface area (Å²) < 4.78 is 0. The number of nitrogens with one attached hydrogen (secondary N) is 2. The number of thiocarbonyl (C=S) groups is 1. The van der Waals surface area contributed by atoms with Crippen LogP contribution in [0.5, 0.6) is 0 Å². The lowest BCUT2D eigenvalue weighted by molar-refractivity contribution is -0.883. The van der Waals surface area contributed by atoms with Gasteiger partial charge in [0.1, 0.15) is 0 Å². The van der Waals surface area contributed by atoms with Gasteiger partial charge in [-0.05, 0) is 30.4 Å². The van der Waals surface area contributed by atoms with E-state index in [9.17, 15) is 0 Å². The highest BCUT2D eigenvalue weighted by atomic mass is 35.5. The average Bonchev–Trinajstić information content (AvgIpc) is 2.34. The van der Waals surface area contributed by atoms with Crippen LogP contribution < -0.4 is 10.2 Å². The van der Waals surface area contributed by atoms with E-state index < -0.39 is 0 Å².